The van der Waals surface area contributed by atoms with Gasteiger partial charge in [-0.1, -0.05) is 23.8 Å². The molecule has 0 saturated carbocycles. The molecule has 0 bridgehead atoms. The van der Waals surface area contributed by atoms with Crippen LogP contribution in [0.3, 0.4) is 0 Å². The Morgan fingerprint density at radius 3 is 2.37 bits per heavy atom. The summed E-state index contributed by atoms with van der Waals surface area (Å²) in [6.07, 6.45) is 0. The third-order valence-electron chi connectivity index (χ3n) is 3.30. The number of aryl methyl sites for hydroxylation is 2. The maximum absolute atomic E-state index is 13.9. The van der Waals surface area contributed by atoms with Gasteiger partial charge in [0.05, 0.1) is 6.04 Å². The first kappa shape index (κ1) is 13.7. The molecule has 3 heteroatoms. The van der Waals surface area contributed by atoms with Crippen molar-refractivity contribution in [3.63, 3.8) is 0 Å². The molecule has 0 aliphatic rings. The number of rotatable bonds is 3. The Labute approximate surface area is 112 Å². The summed E-state index contributed by atoms with van der Waals surface area (Å²) in [4.78, 5) is 0. The number of hydrogen-bond acceptors (Lipinski definition) is 1. The third-order valence-corrected chi connectivity index (χ3v) is 3.30. The van der Waals surface area contributed by atoms with Gasteiger partial charge in [0.25, 0.3) is 0 Å². The van der Waals surface area contributed by atoms with Crippen molar-refractivity contribution in [3.8, 4) is 0 Å². The molecule has 1 unspecified atom stereocenters. The van der Waals surface area contributed by atoms with Crippen LogP contribution in [0.1, 0.15) is 28.3 Å². The van der Waals surface area contributed by atoms with Crippen molar-refractivity contribution in [2.75, 3.05) is 7.05 Å². The van der Waals surface area contributed by atoms with Gasteiger partial charge in [0.15, 0.2) is 0 Å². The van der Waals surface area contributed by atoms with E-state index in [0.717, 1.165) is 22.8 Å². The fourth-order valence-electron chi connectivity index (χ4n) is 2.29. The Morgan fingerprint density at radius 2 is 1.68 bits per heavy atom. The van der Waals surface area contributed by atoms with Crippen LogP contribution < -0.4 is 5.32 Å². The van der Waals surface area contributed by atoms with Gasteiger partial charge in [-0.25, -0.2) is 8.78 Å². The highest BCUT2D eigenvalue weighted by atomic mass is 19.1. The number of hydrogen-bond donors (Lipinski definition) is 1. The van der Waals surface area contributed by atoms with E-state index < -0.39 is 11.6 Å². The van der Waals surface area contributed by atoms with Crippen LogP contribution in [0.25, 0.3) is 0 Å². The van der Waals surface area contributed by atoms with Gasteiger partial charge in [-0.05, 0) is 50.2 Å². The lowest BCUT2D eigenvalue weighted by Crippen LogP contribution is -2.20. The highest BCUT2D eigenvalue weighted by molar-refractivity contribution is 5.39. The predicted molar refractivity (Wildman–Crippen MR) is 73.2 cm³/mol. The Balaban J connectivity index is 2.55. The van der Waals surface area contributed by atoms with Crippen LogP contribution in [0.2, 0.25) is 0 Å². The Bertz CT molecular complexity index is 542. The molecule has 0 aromatic heterocycles. The van der Waals surface area contributed by atoms with E-state index in [2.05, 4.69) is 5.32 Å². The normalized spacial score (nSPS) is 12.5. The summed E-state index contributed by atoms with van der Waals surface area (Å²) < 4.78 is 27.3. The topological polar surface area (TPSA) is 12.0 Å². The molecule has 0 radical (unpaired) electrons. The van der Waals surface area contributed by atoms with E-state index >= 15 is 0 Å². The van der Waals surface area contributed by atoms with Crippen molar-refractivity contribution in [3.05, 3.63) is 70.3 Å². The lowest BCUT2D eigenvalue weighted by molar-refractivity contribution is 0.557. The second kappa shape index (κ2) is 5.49. The van der Waals surface area contributed by atoms with Crippen LogP contribution in [0.4, 0.5) is 8.78 Å². The summed E-state index contributed by atoms with van der Waals surface area (Å²) in [5, 5.41) is 3.06. The minimum atomic E-state index is -0.429. The van der Waals surface area contributed by atoms with E-state index in [1.807, 2.05) is 32.0 Å². The molecule has 1 nitrogen and oxygen atoms in total. The first-order valence-electron chi connectivity index (χ1n) is 6.22. The van der Waals surface area contributed by atoms with Crippen molar-refractivity contribution >= 4 is 0 Å². The van der Waals surface area contributed by atoms with E-state index in [1.165, 1.54) is 12.1 Å². The summed E-state index contributed by atoms with van der Waals surface area (Å²) in [6.45, 7) is 3.95. The molecule has 2 aromatic rings. The van der Waals surface area contributed by atoms with Crippen molar-refractivity contribution in [2.45, 2.75) is 19.9 Å². The lowest BCUT2D eigenvalue weighted by Gasteiger charge is -2.20. The minimum Gasteiger partial charge on any atom is -0.309 e. The molecular formula is C16H17F2N. The molecule has 1 atom stereocenters. The van der Waals surface area contributed by atoms with E-state index in [1.54, 1.807) is 7.05 Å². The summed E-state index contributed by atoms with van der Waals surface area (Å²) in [5.41, 5.74) is 3.44. The Kier molecular flexibility index (Phi) is 3.96. The quantitative estimate of drug-likeness (QED) is 0.883. The molecular weight excluding hydrogens is 244 g/mol. The van der Waals surface area contributed by atoms with Crippen LogP contribution in [-0.4, -0.2) is 7.05 Å². The van der Waals surface area contributed by atoms with Crippen molar-refractivity contribution < 1.29 is 8.78 Å². The molecule has 0 fully saturated rings. The first-order valence-corrected chi connectivity index (χ1v) is 6.22. The molecule has 0 aliphatic carbocycles. The maximum atomic E-state index is 13.9. The fraction of sp³-hybridized carbons (Fsp3) is 0.250. The van der Waals surface area contributed by atoms with Crippen LogP contribution in [0.5, 0.6) is 0 Å². The van der Waals surface area contributed by atoms with E-state index in [9.17, 15) is 8.78 Å². The summed E-state index contributed by atoms with van der Waals surface area (Å²) in [7, 11) is 1.75. The average molecular weight is 261 g/mol. The second-order valence-corrected chi connectivity index (χ2v) is 4.75. The standard InChI is InChI=1S/C16H17F2N/c1-10-4-5-11(2)13(8-10)16(19-3)14-9-12(17)6-7-15(14)18/h4-9,16,19H,1-3H3. The van der Waals surface area contributed by atoms with Gasteiger partial charge in [-0.15, -0.1) is 0 Å². The van der Waals surface area contributed by atoms with Crippen LogP contribution in [-0.2, 0) is 0 Å². The van der Waals surface area contributed by atoms with Gasteiger partial charge < -0.3 is 5.32 Å². The number of benzene rings is 2. The molecule has 0 saturated heterocycles. The Morgan fingerprint density at radius 1 is 0.947 bits per heavy atom. The molecule has 0 spiro atoms. The van der Waals surface area contributed by atoms with E-state index in [0.29, 0.717) is 5.56 Å². The van der Waals surface area contributed by atoms with Crippen LogP contribution in [0, 0.1) is 25.5 Å². The molecule has 2 rings (SSSR count). The third kappa shape index (κ3) is 2.82. The Hall–Kier alpha value is -1.74. The molecule has 100 valence electrons. The summed E-state index contributed by atoms with van der Waals surface area (Å²) in [6, 6.07) is 9.20. The molecule has 0 amide bonds. The van der Waals surface area contributed by atoms with Crippen molar-refractivity contribution in [1.82, 2.24) is 5.32 Å². The smallest absolute Gasteiger partial charge is 0.128 e. The number of halogens is 2. The fourth-order valence-corrected chi connectivity index (χ4v) is 2.29. The monoisotopic (exact) mass is 261 g/mol. The average Bonchev–Trinajstić information content (AvgIpc) is 2.38. The lowest BCUT2D eigenvalue weighted by atomic mass is 9.93. The molecule has 1 N–H and O–H groups in total. The van der Waals surface area contributed by atoms with Gasteiger partial charge in [0.1, 0.15) is 11.6 Å². The summed E-state index contributed by atoms with van der Waals surface area (Å²) >= 11 is 0. The number of nitrogens with one attached hydrogen (secondary N) is 1. The molecule has 0 aliphatic heterocycles. The zero-order valence-electron chi connectivity index (χ0n) is 11.3. The van der Waals surface area contributed by atoms with Gasteiger partial charge in [-0.2, -0.15) is 0 Å². The van der Waals surface area contributed by atoms with Crippen LogP contribution >= 0.6 is 0 Å². The maximum Gasteiger partial charge on any atom is 0.128 e. The second-order valence-electron chi connectivity index (χ2n) is 4.75. The van der Waals surface area contributed by atoms with Gasteiger partial charge >= 0.3 is 0 Å². The van der Waals surface area contributed by atoms with Gasteiger partial charge in [0, 0.05) is 5.56 Å². The minimum absolute atomic E-state index is 0.330. The molecule has 0 heterocycles. The summed E-state index contributed by atoms with van der Waals surface area (Å²) in [5.74, 6) is -0.830. The van der Waals surface area contributed by atoms with Gasteiger partial charge in [-0.3, -0.25) is 0 Å². The van der Waals surface area contributed by atoms with Crippen LogP contribution in [0.15, 0.2) is 36.4 Å². The van der Waals surface area contributed by atoms with E-state index in [4.69, 9.17) is 0 Å². The van der Waals surface area contributed by atoms with Crippen molar-refractivity contribution in [1.29, 1.82) is 0 Å². The van der Waals surface area contributed by atoms with E-state index in [-0.39, 0.29) is 6.04 Å². The predicted octanol–water partition coefficient (Wildman–Crippen LogP) is 3.89. The zero-order chi connectivity index (χ0) is 14.0. The van der Waals surface area contributed by atoms with Gasteiger partial charge in [0.2, 0.25) is 0 Å². The molecule has 19 heavy (non-hydrogen) atoms. The highest BCUT2D eigenvalue weighted by Crippen LogP contribution is 2.27. The van der Waals surface area contributed by atoms with Crippen molar-refractivity contribution in [2.24, 2.45) is 0 Å². The first-order chi connectivity index (χ1) is 9.02. The SMILES string of the molecule is CNC(c1cc(C)ccc1C)c1cc(F)ccc1F. The molecule has 2 aromatic carbocycles. The largest absolute Gasteiger partial charge is 0.309 e. The zero-order valence-corrected chi connectivity index (χ0v) is 11.3. The highest BCUT2D eigenvalue weighted by Gasteiger charge is 2.18.